The Balaban J connectivity index is 1.45. The summed E-state index contributed by atoms with van der Waals surface area (Å²) in [5.41, 5.74) is 1.35. The van der Waals surface area contributed by atoms with Gasteiger partial charge in [0.25, 0.3) is 0 Å². The maximum Gasteiger partial charge on any atom is 0.146 e. The van der Waals surface area contributed by atoms with Gasteiger partial charge in [-0.3, -0.25) is 4.90 Å². The molecule has 5 nitrogen and oxygen atoms in total. The van der Waals surface area contributed by atoms with Gasteiger partial charge in [0.2, 0.25) is 0 Å². The number of aromatic nitrogens is 2. The summed E-state index contributed by atoms with van der Waals surface area (Å²) in [4.78, 5) is 20.1. The molecule has 0 unspecified atom stereocenters. The predicted octanol–water partition coefficient (Wildman–Crippen LogP) is 4.29. The molecule has 2 aliphatic heterocycles. The summed E-state index contributed by atoms with van der Waals surface area (Å²) in [6, 6.07) is 4.37. The van der Waals surface area contributed by atoms with Gasteiger partial charge in [0.15, 0.2) is 0 Å². The van der Waals surface area contributed by atoms with E-state index in [1.165, 1.54) is 46.8 Å². The molecule has 3 aromatic heterocycles. The van der Waals surface area contributed by atoms with Crippen LogP contribution in [0, 0.1) is 13.8 Å². The predicted molar refractivity (Wildman–Crippen MR) is 120 cm³/mol. The van der Waals surface area contributed by atoms with Crippen LogP contribution in [0.25, 0.3) is 10.2 Å². The molecule has 0 bridgehead atoms. The lowest BCUT2D eigenvalue weighted by Crippen LogP contribution is -2.46. The van der Waals surface area contributed by atoms with Gasteiger partial charge >= 0.3 is 0 Å². The van der Waals surface area contributed by atoms with E-state index in [1.807, 2.05) is 22.7 Å². The highest BCUT2D eigenvalue weighted by atomic mass is 32.1. The van der Waals surface area contributed by atoms with Crippen LogP contribution in [0.1, 0.15) is 29.1 Å². The minimum Gasteiger partial charge on any atom is -0.360 e. The van der Waals surface area contributed by atoms with Crippen LogP contribution in [0.2, 0.25) is 0 Å². The van der Waals surface area contributed by atoms with Gasteiger partial charge in [-0.25, -0.2) is 9.97 Å². The standard InChI is InChI=1S/C21H27N5S2/c1-15-16(2)28-21-19(15)20(22-17(23-21)14-24-7-3-4-8-24)26-11-9-25(10-12-26)18-6-5-13-27-18/h5-6,13H,3-4,7-12,14H2,1-2H3. The summed E-state index contributed by atoms with van der Waals surface area (Å²) >= 11 is 3.66. The van der Waals surface area contributed by atoms with E-state index < -0.39 is 0 Å². The van der Waals surface area contributed by atoms with E-state index in [0.717, 1.165) is 49.2 Å². The molecular weight excluding hydrogens is 386 g/mol. The van der Waals surface area contributed by atoms with Crippen LogP contribution in [-0.2, 0) is 6.54 Å². The van der Waals surface area contributed by atoms with Crippen molar-refractivity contribution in [1.82, 2.24) is 14.9 Å². The maximum atomic E-state index is 5.11. The highest BCUT2D eigenvalue weighted by Crippen LogP contribution is 2.36. The molecule has 5 rings (SSSR count). The number of rotatable bonds is 4. The number of fused-ring (bicyclic) bond motifs is 1. The second-order valence-corrected chi connectivity index (χ2v) is 9.96. The number of aryl methyl sites for hydroxylation is 2. The zero-order chi connectivity index (χ0) is 19.1. The van der Waals surface area contributed by atoms with Gasteiger partial charge in [0.05, 0.1) is 16.9 Å². The molecule has 0 spiro atoms. The van der Waals surface area contributed by atoms with Crippen LogP contribution in [0.3, 0.4) is 0 Å². The highest BCUT2D eigenvalue weighted by molar-refractivity contribution is 7.18. The SMILES string of the molecule is Cc1sc2nc(CN3CCCC3)nc(N3CCN(c4cccs4)CC3)c2c1C. The molecule has 0 atom stereocenters. The quantitative estimate of drug-likeness (QED) is 0.637. The second kappa shape index (κ2) is 7.61. The third-order valence-electron chi connectivity index (χ3n) is 6.02. The van der Waals surface area contributed by atoms with Gasteiger partial charge in [-0.05, 0) is 62.9 Å². The van der Waals surface area contributed by atoms with E-state index in [2.05, 4.69) is 46.1 Å². The molecule has 148 valence electrons. The normalized spacial score (nSPS) is 18.5. The molecule has 3 aromatic rings. The lowest BCUT2D eigenvalue weighted by Gasteiger charge is -2.36. The molecule has 5 heterocycles. The molecule has 0 saturated carbocycles. The zero-order valence-electron chi connectivity index (χ0n) is 16.6. The summed E-state index contributed by atoms with van der Waals surface area (Å²) in [5.74, 6) is 2.15. The first-order valence-electron chi connectivity index (χ1n) is 10.2. The number of likely N-dealkylation sites (tertiary alicyclic amines) is 1. The Bertz CT molecular complexity index is 951. The van der Waals surface area contributed by atoms with E-state index in [4.69, 9.17) is 9.97 Å². The van der Waals surface area contributed by atoms with Crippen LogP contribution in [-0.4, -0.2) is 54.1 Å². The fourth-order valence-corrected chi connectivity index (χ4v) is 6.13. The lowest BCUT2D eigenvalue weighted by molar-refractivity contribution is 0.323. The van der Waals surface area contributed by atoms with E-state index in [1.54, 1.807) is 0 Å². The van der Waals surface area contributed by atoms with Gasteiger partial charge in [0.1, 0.15) is 16.5 Å². The summed E-state index contributed by atoms with van der Waals surface area (Å²) in [6.07, 6.45) is 2.61. The summed E-state index contributed by atoms with van der Waals surface area (Å²) in [6.45, 7) is 11.8. The van der Waals surface area contributed by atoms with Gasteiger partial charge < -0.3 is 9.80 Å². The minimum absolute atomic E-state index is 0.883. The largest absolute Gasteiger partial charge is 0.360 e. The van der Waals surface area contributed by atoms with Gasteiger partial charge in [-0.2, -0.15) is 0 Å². The number of nitrogens with zero attached hydrogens (tertiary/aromatic N) is 5. The molecule has 2 fully saturated rings. The van der Waals surface area contributed by atoms with E-state index >= 15 is 0 Å². The first-order chi connectivity index (χ1) is 13.7. The van der Waals surface area contributed by atoms with Crippen LogP contribution in [0.4, 0.5) is 10.8 Å². The van der Waals surface area contributed by atoms with Crippen molar-refractivity contribution in [3.05, 3.63) is 33.8 Å². The number of anilines is 2. The Morgan fingerprint density at radius 3 is 2.43 bits per heavy atom. The van der Waals surface area contributed by atoms with Gasteiger partial charge in [-0.15, -0.1) is 22.7 Å². The maximum absolute atomic E-state index is 5.11. The van der Waals surface area contributed by atoms with Crippen LogP contribution >= 0.6 is 22.7 Å². The Morgan fingerprint density at radius 1 is 0.964 bits per heavy atom. The fraction of sp³-hybridized carbons (Fsp3) is 0.524. The highest BCUT2D eigenvalue weighted by Gasteiger charge is 2.24. The van der Waals surface area contributed by atoms with Crippen molar-refractivity contribution in [2.45, 2.75) is 33.2 Å². The molecule has 0 aromatic carbocycles. The smallest absolute Gasteiger partial charge is 0.146 e. The van der Waals surface area contributed by atoms with Gasteiger partial charge in [0, 0.05) is 31.1 Å². The van der Waals surface area contributed by atoms with Gasteiger partial charge in [-0.1, -0.05) is 0 Å². The molecule has 0 amide bonds. The Kier molecular flexibility index (Phi) is 4.99. The third-order valence-corrected chi connectivity index (χ3v) is 8.05. The fourth-order valence-electron chi connectivity index (χ4n) is 4.30. The first-order valence-corrected chi connectivity index (χ1v) is 11.9. The zero-order valence-corrected chi connectivity index (χ0v) is 18.3. The van der Waals surface area contributed by atoms with E-state index in [9.17, 15) is 0 Å². The molecule has 0 N–H and O–H groups in total. The number of thiophene rings is 2. The Hall–Kier alpha value is -1.70. The van der Waals surface area contributed by atoms with Crippen molar-refractivity contribution in [2.24, 2.45) is 0 Å². The summed E-state index contributed by atoms with van der Waals surface area (Å²) in [5, 5.41) is 4.82. The average Bonchev–Trinajstić information content (AvgIpc) is 3.45. The van der Waals surface area contributed by atoms with Crippen molar-refractivity contribution >= 4 is 43.7 Å². The summed E-state index contributed by atoms with van der Waals surface area (Å²) in [7, 11) is 0. The Morgan fingerprint density at radius 2 is 1.71 bits per heavy atom. The van der Waals surface area contributed by atoms with Crippen LogP contribution in [0.5, 0.6) is 0 Å². The van der Waals surface area contributed by atoms with E-state index in [0.29, 0.717) is 0 Å². The third kappa shape index (κ3) is 3.40. The molecule has 7 heteroatoms. The van der Waals surface area contributed by atoms with Crippen molar-refractivity contribution in [1.29, 1.82) is 0 Å². The second-order valence-electron chi connectivity index (χ2n) is 7.84. The molecule has 0 aliphatic carbocycles. The van der Waals surface area contributed by atoms with Crippen molar-refractivity contribution in [2.75, 3.05) is 49.1 Å². The molecule has 2 aliphatic rings. The summed E-state index contributed by atoms with van der Waals surface area (Å²) < 4.78 is 0. The molecule has 2 saturated heterocycles. The Labute approximate surface area is 174 Å². The number of piperazine rings is 1. The molecule has 0 radical (unpaired) electrons. The minimum atomic E-state index is 0.883. The lowest BCUT2D eigenvalue weighted by atomic mass is 10.2. The topological polar surface area (TPSA) is 35.5 Å². The van der Waals surface area contributed by atoms with Crippen molar-refractivity contribution in [3.8, 4) is 0 Å². The van der Waals surface area contributed by atoms with Crippen LogP contribution in [0.15, 0.2) is 17.5 Å². The van der Waals surface area contributed by atoms with Crippen molar-refractivity contribution in [3.63, 3.8) is 0 Å². The number of hydrogen-bond donors (Lipinski definition) is 0. The average molecular weight is 414 g/mol. The number of hydrogen-bond acceptors (Lipinski definition) is 7. The monoisotopic (exact) mass is 413 g/mol. The van der Waals surface area contributed by atoms with Crippen LogP contribution < -0.4 is 9.80 Å². The van der Waals surface area contributed by atoms with Crippen molar-refractivity contribution < 1.29 is 0 Å². The molecular formula is C21H27N5S2. The first kappa shape index (κ1) is 18.3. The van der Waals surface area contributed by atoms with E-state index in [-0.39, 0.29) is 0 Å². The molecule has 28 heavy (non-hydrogen) atoms.